The minimum atomic E-state index is 0.00778. The molecule has 1 amide bonds. The van der Waals surface area contributed by atoms with E-state index >= 15 is 0 Å². The Labute approximate surface area is 154 Å². The number of nitrogens with zero attached hydrogens (tertiary/aromatic N) is 3. The van der Waals surface area contributed by atoms with Crippen molar-refractivity contribution in [2.45, 2.75) is 13.0 Å². The van der Waals surface area contributed by atoms with Gasteiger partial charge in [-0.05, 0) is 42.3 Å². The van der Waals surface area contributed by atoms with Crippen LogP contribution in [0, 0.1) is 11.3 Å². The van der Waals surface area contributed by atoms with Crippen LogP contribution >= 0.6 is 0 Å². The summed E-state index contributed by atoms with van der Waals surface area (Å²) in [5.41, 5.74) is 2.35. The number of hydrogen-bond donors (Lipinski definition) is 0. The molecule has 3 rings (SSSR count). The zero-order chi connectivity index (χ0) is 18.4. The van der Waals surface area contributed by atoms with E-state index < -0.39 is 0 Å². The van der Waals surface area contributed by atoms with E-state index in [4.69, 9.17) is 10.00 Å². The van der Waals surface area contributed by atoms with E-state index in [1.54, 1.807) is 31.4 Å². The van der Waals surface area contributed by atoms with E-state index in [2.05, 4.69) is 23.1 Å². The summed E-state index contributed by atoms with van der Waals surface area (Å²) in [4.78, 5) is 17.0. The lowest BCUT2D eigenvalue weighted by Gasteiger charge is -2.22. The second-order valence-corrected chi connectivity index (χ2v) is 6.46. The summed E-state index contributed by atoms with van der Waals surface area (Å²) in [5, 5.41) is 9.02. The van der Waals surface area contributed by atoms with Crippen molar-refractivity contribution < 1.29 is 9.53 Å². The average Bonchev–Trinajstić information content (AvgIpc) is 2.93. The standard InChI is InChI=1S/C21H23N3O2/c1-26-20-8-6-17(7-9-20)16-23-10-3-11-24(13-12-23)21(25)19-5-2-4-18(14-19)15-22/h2,4-9,14H,3,10-13,16H2,1H3. The molecule has 0 radical (unpaired) electrons. The second-order valence-electron chi connectivity index (χ2n) is 6.46. The second kappa shape index (κ2) is 8.50. The number of carbonyl (C=O) groups excluding carboxylic acids is 1. The van der Waals surface area contributed by atoms with Gasteiger partial charge in [0.15, 0.2) is 0 Å². The quantitative estimate of drug-likeness (QED) is 0.852. The maximum atomic E-state index is 12.7. The van der Waals surface area contributed by atoms with Gasteiger partial charge >= 0.3 is 0 Å². The van der Waals surface area contributed by atoms with Crippen molar-refractivity contribution in [1.29, 1.82) is 5.26 Å². The van der Waals surface area contributed by atoms with Gasteiger partial charge < -0.3 is 9.64 Å². The van der Waals surface area contributed by atoms with Gasteiger partial charge in [0.05, 0.1) is 18.7 Å². The molecule has 1 fully saturated rings. The summed E-state index contributed by atoms with van der Waals surface area (Å²) in [6.07, 6.45) is 0.944. The Morgan fingerprint density at radius 1 is 1.12 bits per heavy atom. The first-order valence-electron chi connectivity index (χ1n) is 8.84. The summed E-state index contributed by atoms with van der Waals surface area (Å²) >= 11 is 0. The van der Waals surface area contributed by atoms with Crippen LogP contribution in [0.4, 0.5) is 0 Å². The Balaban J connectivity index is 1.60. The molecular weight excluding hydrogens is 326 g/mol. The Hall–Kier alpha value is -2.84. The number of nitriles is 1. The fraction of sp³-hybridized carbons (Fsp3) is 0.333. The minimum Gasteiger partial charge on any atom is -0.497 e. The molecule has 0 spiro atoms. The molecule has 0 aliphatic carbocycles. The van der Waals surface area contributed by atoms with Gasteiger partial charge in [-0.15, -0.1) is 0 Å². The molecule has 2 aromatic carbocycles. The van der Waals surface area contributed by atoms with Gasteiger partial charge in [0.2, 0.25) is 0 Å². The van der Waals surface area contributed by atoms with Crippen LogP contribution in [0.25, 0.3) is 0 Å². The van der Waals surface area contributed by atoms with Crippen molar-refractivity contribution in [2.75, 3.05) is 33.3 Å². The molecule has 26 heavy (non-hydrogen) atoms. The summed E-state index contributed by atoms with van der Waals surface area (Å²) in [6, 6.07) is 17.1. The van der Waals surface area contributed by atoms with E-state index in [0.717, 1.165) is 38.3 Å². The lowest BCUT2D eigenvalue weighted by Crippen LogP contribution is -2.35. The molecule has 0 bridgehead atoms. The normalized spacial score (nSPS) is 15.2. The average molecular weight is 349 g/mol. The van der Waals surface area contributed by atoms with Crippen molar-refractivity contribution in [3.05, 3.63) is 65.2 Å². The van der Waals surface area contributed by atoms with E-state index in [1.165, 1.54) is 5.56 Å². The molecule has 5 nitrogen and oxygen atoms in total. The fourth-order valence-corrected chi connectivity index (χ4v) is 3.23. The molecule has 1 aliphatic heterocycles. The first-order valence-corrected chi connectivity index (χ1v) is 8.84. The van der Waals surface area contributed by atoms with E-state index in [-0.39, 0.29) is 5.91 Å². The van der Waals surface area contributed by atoms with Gasteiger partial charge in [-0.3, -0.25) is 9.69 Å². The molecule has 2 aromatic rings. The van der Waals surface area contributed by atoms with Crippen LogP contribution in [-0.4, -0.2) is 49.0 Å². The molecule has 0 atom stereocenters. The molecule has 1 heterocycles. The maximum absolute atomic E-state index is 12.7. The fourth-order valence-electron chi connectivity index (χ4n) is 3.23. The molecule has 0 N–H and O–H groups in total. The Morgan fingerprint density at radius 2 is 1.92 bits per heavy atom. The van der Waals surface area contributed by atoms with Crippen LogP contribution in [0.5, 0.6) is 5.75 Å². The van der Waals surface area contributed by atoms with Crippen LogP contribution < -0.4 is 4.74 Å². The third kappa shape index (κ3) is 4.41. The van der Waals surface area contributed by atoms with Gasteiger partial charge in [-0.1, -0.05) is 18.2 Å². The predicted octanol–water partition coefficient (Wildman–Crippen LogP) is 2.91. The number of amides is 1. The van der Waals surface area contributed by atoms with Crippen molar-refractivity contribution >= 4 is 5.91 Å². The molecular formula is C21H23N3O2. The van der Waals surface area contributed by atoms with E-state index in [1.807, 2.05) is 17.0 Å². The summed E-state index contributed by atoms with van der Waals surface area (Å²) in [7, 11) is 1.67. The van der Waals surface area contributed by atoms with E-state index in [0.29, 0.717) is 17.7 Å². The van der Waals surface area contributed by atoms with Gasteiger partial charge in [0, 0.05) is 38.3 Å². The summed E-state index contributed by atoms with van der Waals surface area (Å²) in [5.74, 6) is 0.870. The monoisotopic (exact) mass is 349 g/mol. The Bertz CT molecular complexity index is 796. The molecule has 134 valence electrons. The highest BCUT2D eigenvalue weighted by atomic mass is 16.5. The predicted molar refractivity (Wildman–Crippen MR) is 99.9 cm³/mol. The van der Waals surface area contributed by atoms with Crippen LogP contribution in [-0.2, 0) is 6.54 Å². The van der Waals surface area contributed by atoms with Gasteiger partial charge in [0.25, 0.3) is 5.91 Å². The zero-order valence-electron chi connectivity index (χ0n) is 15.0. The van der Waals surface area contributed by atoms with Crippen molar-refractivity contribution in [3.63, 3.8) is 0 Å². The number of methoxy groups -OCH3 is 1. The smallest absolute Gasteiger partial charge is 0.253 e. The van der Waals surface area contributed by atoms with Crippen LogP contribution in [0.2, 0.25) is 0 Å². The largest absolute Gasteiger partial charge is 0.497 e. The van der Waals surface area contributed by atoms with Gasteiger partial charge in [-0.25, -0.2) is 0 Å². The van der Waals surface area contributed by atoms with Crippen molar-refractivity contribution in [1.82, 2.24) is 9.80 Å². The number of benzene rings is 2. The third-order valence-electron chi connectivity index (χ3n) is 4.68. The molecule has 1 aliphatic rings. The first kappa shape index (κ1) is 18.0. The van der Waals surface area contributed by atoms with Crippen LogP contribution in [0.3, 0.4) is 0 Å². The molecule has 0 saturated carbocycles. The highest BCUT2D eigenvalue weighted by molar-refractivity contribution is 5.94. The van der Waals surface area contributed by atoms with E-state index in [9.17, 15) is 4.79 Å². The number of hydrogen-bond acceptors (Lipinski definition) is 4. The van der Waals surface area contributed by atoms with Gasteiger partial charge in [0.1, 0.15) is 5.75 Å². The molecule has 0 aromatic heterocycles. The summed E-state index contributed by atoms with van der Waals surface area (Å²) < 4.78 is 5.20. The zero-order valence-corrected chi connectivity index (χ0v) is 15.0. The minimum absolute atomic E-state index is 0.00778. The molecule has 5 heteroatoms. The van der Waals surface area contributed by atoms with Crippen LogP contribution in [0.15, 0.2) is 48.5 Å². The maximum Gasteiger partial charge on any atom is 0.253 e. The van der Waals surface area contributed by atoms with Gasteiger partial charge in [-0.2, -0.15) is 5.26 Å². The lowest BCUT2D eigenvalue weighted by molar-refractivity contribution is 0.0761. The Kier molecular flexibility index (Phi) is 5.88. The van der Waals surface area contributed by atoms with Crippen LogP contribution in [0.1, 0.15) is 27.9 Å². The topological polar surface area (TPSA) is 56.6 Å². The van der Waals surface area contributed by atoms with Crippen molar-refractivity contribution in [3.8, 4) is 11.8 Å². The number of carbonyl (C=O) groups is 1. The highest BCUT2D eigenvalue weighted by Crippen LogP contribution is 2.15. The summed E-state index contributed by atoms with van der Waals surface area (Å²) in [6.45, 7) is 4.13. The highest BCUT2D eigenvalue weighted by Gasteiger charge is 2.20. The third-order valence-corrected chi connectivity index (χ3v) is 4.68. The SMILES string of the molecule is COc1ccc(CN2CCCN(C(=O)c3cccc(C#N)c3)CC2)cc1. The number of ether oxygens (including phenoxy) is 1. The molecule has 0 unspecified atom stereocenters. The van der Waals surface area contributed by atoms with Crippen molar-refractivity contribution in [2.24, 2.45) is 0 Å². The Morgan fingerprint density at radius 3 is 2.65 bits per heavy atom. The lowest BCUT2D eigenvalue weighted by atomic mass is 10.1. The number of rotatable bonds is 4. The first-order chi connectivity index (χ1) is 12.7. The molecule has 1 saturated heterocycles.